The van der Waals surface area contributed by atoms with Gasteiger partial charge in [-0.25, -0.2) is 14.6 Å². The Morgan fingerprint density at radius 1 is 1.12 bits per heavy atom. The Hall–Kier alpha value is -2.42. The smallest absolute Gasteiger partial charge is 0.450 e. The summed E-state index contributed by atoms with van der Waals surface area (Å²) >= 11 is 1.50. The lowest BCUT2D eigenvalue weighted by atomic mass is 9.94. The molecule has 1 fully saturated rings. The van der Waals surface area contributed by atoms with Gasteiger partial charge >= 0.3 is 12.3 Å². The Labute approximate surface area is 141 Å². The van der Waals surface area contributed by atoms with Gasteiger partial charge in [-0.15, -0.1) is 0 Å². The average molecular weight is 352 g/mol. The normalized spacial score (nSPS) is 23.8. The average Bonchev–Trinajstić information content (AvgIpc) is 2.91. The monoisotopic (exact) mass is 352 g/mol. The summed E-state index contributed by atoms with van der Waals surface area (Å²) in [6.45, 7) is 0. The van der Waals surface area contributed by atoms with E-state index in [0.717, 1.165) is 16.2 Å². The number of nitrogens with zero attached hydrogens (tertiary/aromatic N) is 1. The molecule has 9 heteroatoms. The highest BCUT2D eigenvalue weighted by Crippen LogP contribution is 2.35. The number of thioether (sulfide) groups is 1. The summed E-state index contributed by atoms with van der Waals surface area (Å²) in [5.74, 6) is 0. The lowest BCUT2D eigenvalue weighted by molar-refractivity contribution is -0.0564. The molecule has 1 aliphatic rings. The standard InChI is InChI=1S/C15H16N2O6S/c18-14(19)22-11-6-5-8(7-12(11)23-15(20)21)24-13-16-9-3-1-2-4-10(9)17-13/h1-4,8,11-12H,5-7H2,(H,16,17)(H,18,19)(H,20,21). The van der Waals surface area contributed by atoms with Gasteiger partial charge < -0.3 is 24.7 Å². The Morgan fingerprint density at radius 2 is 1.83 bits per heavy atom. The van der Waals surface area contributed by atoms with E-state index < -0.39 is 24.5 Å². The molecule has 1 aromatic heterocycles. The highest BCUT2D eigenvalue weighted by Gasteiger charge is 2.36. The number of para-hydroxylation sites is 2. The number of benzene rings is 1. The number of hydrogen-bond acceptors (Lipinski definition) is 6. The van der Waals surface area contributed by atoms with Crippen LogP contribution in [0.15, 0.2) is 29.4 Å². The summed E-state index contributed by atoms with van der Waals surface area (Å²) in [5.41, 5.74) is 1.79. The van der Waals surface area contributed by atoms with E-state index in [1.807, 2.05) is 24.3 Å². The van der Waals surface area contributed by atoms with Gasteiger partial charge in [0.25, 0.3) is 0 Å². The quantitative estimate of drug-likeness (QED) is 0.716. The van der Waals surface area contributed by atoms with Gasteiger partial charge in [-0.1, -0.05) is 23.9 Å². The molecule has 1 saturated carbocycles. The molecule has 0 radical (unpaired) electrons. The van der Waals surface area contributed by atoms with Crippen molar-refractivity contribution in [3.8, 4) is 0 Å². The van der Waals surface area contributed by atoms with Crippen LogP contribution in [0.3, 0.4) is 0 Å². The SMILES string of the molecule is O=C(O)OC1CCC(Sc2nc3ccccc3[nH]2)CC1OC(=O)O. The fourth-order valence-corrected chi connectivity index (χ4v) is 4.01. The Kier molecular flexibility index (Phi) is 4.79. The van der Waals surface area contributed by atoms with Gasteiger partial charge in [-0.3, -0.25) is 0 Å². The summed E-state index contributed by atoms with van der Waals surface area (Å²) in [4.78, 5) is 29.3. The number of carboxylic acid groups (broad SMARTS) is 2. The van der Waals surface area contributed by atoms with Crippen LogP contribution >= 0.6 is 11.8 Å². The second kappa shape index (κ2) is 7.00. The molecule has 24 heavy (non-hydrogen) atoms. The highest BCUT2D eigenvalue weighted by atomic mass is 32.2. The van der Waals surface area contributed by atoms with Crippen LogP contribution in [0.1, 0.15) is 19.3 Å². The van der Waals surface area contributed by atoms with Crippen molar-refractivity contribution in [1.82, 2.24) is 9.97 Å². The van der Waals surface area contributed by atoms with Gasteiger partial charge in [0.05, 0.1) is 11.0 Å². The lowest BCUT2D eigenvalue weighted by Gasteiger charge is -2.33. The third-order valence-corrected chi connectivity index (χ3v) is 5.01. The van der Waals surface area contributed by atoms with E-state index in [-0.39, 0.29) is 5.25 Å². The molecular formula is C15H16N2O6S. The number of nitrogens with one attached hydrogen (secondary N) is 1. The summed E-state index contributed by atoms with van der Waals surface area (Å²) in [5, 5.41) is 18.4. The van der Waals surface area contributed by atoms with Crippen LogP contribution in [-0.4, -0.2) is 49.9 Å². The molecule has 3 N–H and O–H groups in total. The zero-order valence-corrected chi connectivity index (χ0v) is 13.4. The highest BCUT2D eigenvalue weighted by molar-refractivity contribution is 7.99. The number of hydrogen-bond donors (Lipinski definition) is 3. The van der Waals surface area contributed by atoms with Crippen molar-refractivity contribution >= 4 is 35.1 Å². The second-order valence-electron chi connectivity index (χ2n) is 5.46. The van der Waals surface area contributed by atoms with Crippen molar-refractivity contribution in [3.63, 3.8) is 0 Å². The first-order valence-corrected chi connectivity index (χ1v) is 8.30. The Morgan fingerprint density at radius 3 is 2.54 bits per heavy atom. The van der Waals surface area contributed by atoms with Gasteiger partial charge in [0.2, 0.25) is 0 Å². The summed E-state index contributed by atoms with van der Waals surface area (Å²) < 4.78 is 9.56. The van der Waals surface area contributed by atoms with E-state index in [0.29, 0.717) is 19.3 Å². The predicted octanol–water partition coefficient (Wildman–Crippen LogP) is 3.33. The molecule has 8 nitrogen and oxygen atoms in total. The van der Waals surface area contributed by atoms with Gasteiger partial charge in [-0.05, 0) is 25.0 Å². The zero-order valence-electron chi connectivity index (χ0n) is 12.5. The Bertz CT molecular complexity index is 715. The number of fused-ring (bicyclic) bond motifs is 1. The van der Waals surface area contributed by atoms with Crippen LogP contribution in [0.2, 0.25) is 0 Å². The molecule has 0 spiro atoms. The minimum Gasteiger partial charge on any atom is -0.450 e. The van der Waals surface area contributed by atoms with Crippen LogP contribution in [-0.2, 0) is 9.47 Å². The van der Waals surface area contributed by atoms with E-state index in [1.165, 1.54) is 11.8 Å². The van der Waals surface area contributed by atoms with E-state index in [1.54, 1.807) is 0 Å². The fourth-order valence-electron chi connectivity index (χ4n) is 2.83. The topological polar surface area (TPSA) is 122 Å². The van der Waals surface area contributed by atoms with E-state index in [2.05, 4.69) is 9.97 Å². The third-order valence-electron chi connectivity index (χ3n) is 3.83. The van der Waals surface area contributed by atoms with Gasteiger partial charge in [0, 0.05) is 11.7 Å². The molecule has 0 saturated heterocycles. The summed E-state index contributed by atoms with van der Waals surface area (Å²) in [6.07, 6.45) is -3.00. The van der Waals surface area contributed by atoms with Gasteiger partial charge in [0.15, 0.2) is 5.16 Å². The van der Waals surface area contributed by atoms with Crippen molar-refractivity contribution in [2.45, 2.75) is 41.9 Å². The van der Waals surface area contributed by atoms with E-state index >= 15 is 0 Å². The molecule has 1 aromatic carbocycles. The molecule has 128 valence electrons. The van der Waals surface area contributed by atoms with Crippen LogP contribution < -0.4 is 0 Å². The van der Waals surface area contributed by atoms with Crippen molar-refractivity contribution < 1.29 is 29.3 Å². The van der Waals surface area contributed by atoms with Crippen molar-refractivity contribution in [1.29, 1.82) is 0 Å². The minimum absolute atomic E-state index is 0.0588. The van der Waals surface area contributed by atoms with Crippen LogP contribution in [0.5, 0.6) is 0 Å². The third kappa shape index (κ3) is 3.91. The zero-order chi connectivity index (χ0) is 17.1. The number of ether oxygens (including phenoxy) is 2. The largest absolute Gasteiger partial charge is 0.506 e. The summed E-state index contributed by atoms with van der Waals surface area (Å²) in [7, 11) is 0. The first-order valence-electron chi connectivity index (χ1n) is 7.42. The second-order valence-corrected chi connectivity index (χ2v) is 6.75. The number of aromatic amines is 1. The molecule has 1 aliphatic carbocycles. The van der Waals surface area contributed by atoms with Crippen molar-refractivity contribution in [3.05, 3.63) is 24.3 Å². The summed E-state index contributed by atoms with van der Waals surface area (Å²) in [6, 6.07) is 7.66. The van der Waals surface area contributed by atoms with Crippen LogP contribution in [0.4, 0.5) is 9.59 Å². The molecule has 3 unspecified atom stereocenters. The fraction of sp³-hybridized carbons (Fsp3) is 0.400. The molecule has 0 amide bonds. The number of H-pyrrole nitrogens is 1. The maximum absolute atomic E-state index is 10.8. The molecule has 2 aromatic rings. The maximum Gasteiger partial charge on any atom is 0.506 e. The first kappa shape index (κ1) is 16.4. The number of aromatic nitrogens is 2. The Balaban J connectivity index is 1.68. The molecule has 1 heterocycles. The van der Waals surface area contributed by atoms with Crippen molar-refractivity contribution in [2.75, 3.05) is 0 Å². The minimum atomic E-state index is -1.44. The molecule has 0 bridgehead atoms. The van der Waals surface area contributed by atoms with Crippen LogP contribution in [0, 0.1) is 0 Å². The molecular weight excluding hydrogens is 336 g/mol. The maximum atomic E-state index is 10.8. The lowest BCUT2D eigenvalue weighted by Crippen LogP contribution is -2.41. The first-order chi connectivity index (χ1) is 11.5. The number of carbonyl (C=O) groups is 2. The van der Waals surface area contributed by atoms with Crippen molar-refractivity contribution in [2.24, 2.45) is 0 Å². The predicted molar refractivity (Wildman–Crippen MR) is 85.4 cm³/mol. The van der Waals surface area contributed by atoms with Gasteiger partial charge in [0.1, 0.15) is 12.2 Å². The van der Waals surface area contributed by atoms with E-state index in [9.17, 15) is 9.59 Å². The number of imidazole rings is 1. The van der Waals surface area contributed by atoms with Gasteiger partial charge in [-0.2, -0.15) is 0 Å². The number of rotatable bonds is 4. The van der Waals surface area contributed by atoms with E-state index in [4.69, 9.17) is 19.7 Å². The molecule has 0 aliphatic heterocycles. The molecule has 3 rings (SSSR count). The van der Waals surface area contributed by atoms with Crippen LogP contribution in [0.25, 0.3) is 11.0 Å². The molecule has 3 atom stereocenters.